The Bertz CT molecular complexity index is 377. The molecule has 18 heavy (non-hydrogen) atoms. The Morgan fingerprint density at radius 2 is 1.94 bits per heavy atom. The first-order valence-electron chi connectivity index (χ1n) is 6.30. The Balaban J connectivity index is 2.53. The van der Waals surface area contributed by atoms with E-state index in [0.29, 0.717) is 0 Å². The zero-order valence-electron chi connectivity index (χ0n) is 10.9. The Morgan fingerprint density at radius 3 is 2.44 bits per heavy atom. The van der Waals surface area contributed by atoms with Crippen molar-refractivity contribution in [3.05, 3.63) is 0 Å². The zero-order chi connectivity index (χ0) is 13.8. The van der Waals surface area contributed by atoms with Gasteiger partial charge in [-0.15, -0.1) is 0 Å². The monoisotopic (exact) mass is 278 g/mol. The van der Waals surface area contributed by atoms with Crippen molar-refractivity contribution in [2.75, 3.05) is 13.6 Å². The van der Waals surface area contributed by atoms with Gasteiger partial charge in [0.2, 0.25) is 0 Å². The number of hydrogen-bond acceptors (Lipinski definition) is 3. The molecular weight excluding hydrogens is 256 g/mol. The van der Waals surface area contributed by atoms with Gasteiger partial charge < -0.3 is 5.11 Å². The number of hydrogen-bond donors (Lipinski definition) is 2. The summed E-state index contributed by atoms with van der Waals surface area (Å²) in [5.41, 5.74) is 0. The summed E-state index contributed by atoms with van der Waals surface area (Å²) in [7, 11) is -2.01. The topological polar surface area (TPSA) is 86.7 Å². The molecule has 1 fully saturated rings. The summed E-state index contributed by atoms with van der Waals surface area (Å²) >= 11 is 0. The van der Waals surface area contributed by atoms with Gasteiger partial charge in [0.05, 0.1) is 5.92 Å². The van der Waals surface area contributed by atoms with E-state index >= 15 is 0 Å². The van der Waals surface area contributed by atoms with Gasteiger partial charge in [-0.3, -0.25) is 4.79 Å². The fourth-order valence-corrected chi connectivity index (χ4v) is 3.33. The third-order valence-corrected chi connectivity index (χ3v) is 5.05. The van der Waals surface area contributed by atoms with Gasteiger partial charge in [-0.1, -0.05) is 26.2 Å². The van der Waals surface area contributed by atoms with Gasteiger partial charge in [0.1, 0.15) is 0 Å². The van der Waals surface area contributed by atoms with Crippen molar-refractivity contribution in [1.29, 1.82) is 0 Å². The summed E-state index contributed by atoms with van der Waals surface area (Å²) < 4.78 is 27.7. The van der Waals surface area contributed by atoms with Crippen LogP contribution in [0.3, 0.4) is 0 Å². The van der Waals surface area contributed by atoms with Crippen LogP contribution in [-0.4, -0.2) is 43.4 Å². The number of carbonyl (C=O) groups is 1. The molecule has 0 amide bonds. The summed E-state index contributed by atoms with van der Waals surface area (Å²) in [6.07, 6.45) is 5.03. The summed E-state index contributed by atoms with van der Waals surface area (Å²) in [6, 6.07) is 0.0383. The molecule has 0 aromatic heterocycles. The van der Waals surface area contributed by atoms with E-state index in [1.54, 1.807) is 7.05 Å². The van der Waals surface area contributed by atoms with E-state index in [1.165, 1.54) is 11.2 Å². The highest BCUT2D eigenvalue weighted by atomic mass is 32.2. The van der Waals surface area contributed by atoms with Crippen LogP contribution in [0.25, 0.3) is 0 Å². The van der Waals surface area contributed by atoms with Crippen LogP contribution in [0.15, 0.2) is 0 Å². The molecule has 0 saturated heterocycles. The highest BCUT2D eigenvalue weighted by Crippen LogP contribution is 2.22. The first-order valence-corrected chi connectivity index (χ1v) is 7.74. The minimum absolute atomic E-state index is 0.0383. The summed E-state index contributed by atoms with van der Waals surface area (Å²) in [4.78, 5) is 10.6. The lowest BCUT2D eigenvalue weighted by Gasteiger charge is -2.30. The second-order valence-electron chi connectivity index (χ2n) is 4.90. The molecule has 1 atom stereocenters. The molecule has 1 unspecified atom stereocenters. The van der Waals surface area contributed by atoms with E-state index in [9.17, 15) is 13.2 Å². The second-order valence-corrected chi connectivity index (χ2v) is 6.72. The van der Waals surface area contributed by atoms with E-state index in [2.05, 4.69) is 4.72 Å². The van der Waals surface area contributed by atoms with E-state index in [4.69, 9.17) is 5.11 Å². The lowest BCUT2D eigenvalue weighted by Crippen LogP contribution is -2.46. The lowest BCUT2D eigenvalue weighted by atomic mass is 9.96. The molecule has 2 N–H and O–H groups in total. The normalized spacial score (nSPS) is 19.9. The highest BCUT2D eigenvalue weighted by Gasteiger charge is 2.28. The first kappa shape index (κ1) is 15.4. The molecule has 0 radical (unpaired) electrons. The average molecular weight is 278 g/mol. The Morgan fingerprint density at radius 1 is 1.39 bits per heavy atom. The van der Waals surface area contributed by atoms with Gasteiger partial charge in [0, 0.05) is 19.6 Å². The zero-order valence-corrected chi connectivity index (χ0v) is 11.7. The third kappa shape index (κ3) is 4.22. The highest BCUT2D eigenvalue weighted by molar-refractivity contribution is 7.87. The maximum Gasteiger partial charge on any atom is 0.307 e. The van der Waals surface area contributed by atoms with Gasteiger partial charge in [-0.2, -0.15) is 12.7 Å². The fraction of sp³-hybridized carbons (Fsp3) is 0.909. The molecule has 1 rings (SSSR count). The fourth-order valence-electron chi connectivity index (χ4n) is 2.06. The van der Waals surface area contributed by atoms with Crippen molar-refractivity contribution in [3.8, 4) is 0 Å². The molecule has 6 nitrogen and oxygen atoms in total. The molecule has 0 spiro atoms. The molecule has 7 heteroatoms. The number of rotatable bonds is 6. The van der Waals surface area contributed by atoms with Gasteiger partial charge >= 0.3 is 5.97 Å². The van der Waals surface area contributed by atoms with Crippen LogP contribution < -0.4 is 4.72 Å². The van der Waals surface area contributed by atoms with Crippen molar-refractivity contribution in [2.24, 2.45) is 5.92 Å². The predicted molar refractivity (Wildman–Crippen MR) is 68.4 cm³/mol. The quantitative estimate of drug-likeness (QED) is 0.752. The van der Waals surface area contributed by atoms with Crippen LogP contribution in [-0.2, 0) is 15.0 Å². The van der Waals surface area contributed by atoms with Gasteiger partial charge in [0.25, 0.3) is 10.2 Å². The maximum absolute atomic E-state index is 12.0. The Hall–Kier alpha value is -0.660. The van der Waals surface area contributed by atoms with Crippen LogP contribution in [0.5, 0.6) is 0 Å². The molecule has 0 heterocycles. The molecule has 0 bridgehead atoms. The van der Waals surface area contributed by atoms with Crippen LogP contribution in [0, 0.1) is 5.92 Å². The van der Waals surface area contributed by atoms with Gasteiger partial charge in [-0.25, -0.2) is 4.72 Å². The van der Waals surface area contributed by atoms with Crippen molar-refractivity contribution >= 4 is 16.2 Å². The standard InChI is InChI=1S/C11H22N2O4S/c1-9(11(14)15)8-12-18(16,17)13(2)10-6-4-3-5-7-10/h9-10,12H,3-8H2,1-2H3,(H,14,15). The number of nitrogens with zero attached hydrogens (tertiary/aromatic N) is 1. The van der Waals surface area contributed by atoms with E-state index in [1.807, 2.05) is 0 Å². The molecule has 1 saturated carbocycles. The Labute approximate surface area is 109 Å². The Kier molecular flexibility index (Phi) is 5.55. The largest absolute Gasteiger partial charge is 0.481 e. The predicted octanol–water partition coefficient (Wildman–Crippen LogP) is 0.806. The second kappa shape index (κ2) is 6.49. The van der Waals surface area contributed by atoms with Crippen LogP contribution in [0.4, 0.5) is 0 Å². The van der Waals surface area contributed by atoms with Crippen molar-refractivity contribution < 1.29 is 18.3 Å². The van der Waals surface area contributed by atoms with Gasteiger partial charge in [-0.05, 0) is 12.8 Å². The van der Waals surface area contributed by atoms with Crippen molar-refractivity contribution in [3.63, 3.8) is 0 Å². The van der Waals surface area contributed by atoms with Crippen LogP contribution in [0.2, 0.25) is 0 Å². The third-order valence-electron chi connectivity index (χ3n) is 3.46. The van der Waals surface area contributed by atoms with Crippen LogP contribution in [0.1, 0.15) is 39.0 Å². The summed E-state index contributed by atoms with van der Waals surface area (Å²) in [6.45, 7) is 1.40. The summed E-state index contributed by atoms with van der Waals surface area (Å²) in [5.74, 6) is -1.72. The molecule has 106 valence electrons. The number of carboxylic acids is 1. The van der Waals surface area contributed by atoms with Crippen molar-refractivity contribution in [2.45, 2.75) is 45.1 Å². The number of nitrogens with one attached hydrogen (secondary N) is 1. The summed E-state index contributed by atoms with van der Waals surface area (Å²) in [5, 5.41) is 8.72. The lowest BCUT2D eigenvalue weighted by molar-refractivity contribution is -0.140. The number of carboxylic acid groups (broad SMARTS) is 1. The minimum Gasteiger partial charge on any atom is -0.481 e. The van der Waals surface area contributed by atoms with Gasteiger partial charge in [0.15, 0.2) is 0 Å². The number of aliphatic carboxylic acids is 1. The molecule has 0 aromatic rings. The molecule has 1 aliphatic carbocycles. The molecule has 1 aliphatic rings. The molecular formula is C11H22N2O4S. The minimum atomic E-state index is -3.57. The van der Waals surface area contributed by atoms with E-state index < -0.39 is 22.1 Å². The molecule has 0 aliphatic heterocycles. The van der Waals surface area contributed by atoms with Crippen LogP contribution >= 0.6 is 0 Å². The van der Waals surface area contributed by atoms with Crippen molar-refractivity contribution in [1.82, 2.24) is 9.03 Å². The first-order chi connectivity index (χ1) is 8.34. The smallest absolute Gasteiger partial charge is 0.307 e. The van der Waals surface area contributed by atoms with E-state index in [0.717, 1.165) is 32.1 Å². The average Bonchev–Trinajstić information content (AvgIpc) is 2.36. The van der Waals surface area contributed by atoms with E-state index in [-0.39, 0.29) is 12.6 Å². The molecule has 0 aromatic carbocycles. The SMILES string of the molecule is CC(CNS(=O)(=O)N(C)C1CCCCC1)C(=O)O. The maximum atomic E-state index is 12.0.